The molecule has 0 saturated carbocycles. The van der Waals surface area contributed by atoms with E-state index in [2.05, 4.69) is 48.3 Å². The number of nitrogens with zero attached hydrogens (tertiary/aromatic N) is 1. The van der Waals surface area contributed by atoms with Crippen molar-refractivity contribution in [1.82, 2.24) is 10.2 Å². The van der Waals surface area contributed by atoms with Gasteiger partial charge in [-0.25, -0.2) is 0 Å². The van der Waals surface area contributed by atoms with E-state index < -0.39 is 0 Å². The molecule has 0 spiro atoms. The van der Waals surface area contributed by atoms with Gasteiger partial charge in [0.2, 0.25) is 5.91 Å². The number of thioether (sulfide) groups is 1. The molecule has 3 nitrogen and oxygen atoms in total. The Morgan fingerprint density at radius 1 is 1.39 bits per heavy atom. The number of hydrogen-bond donors (Lipinski definition) is 1. The number of thiocarbonyl (C=S) groups is 1. The highest BCUT2D eigenvalue weighted by Gasteiger charge is 2.25. The third-order valence-corrected chi connectivity index (χ3v) is 5.93. The molecular weight excluding hydrogens is 324 g/mol. The van der Waals surface area contributed by atoms with Crippen LogP contribution < -0.4 is 5.32 Å². The van der Waals surface area contributed by atoms with Crippen molar-refractivity contribution in [2.45, 2.75) is 51.3 Å². The summed E-state index contributed by atoms with van der Waals surface area (Å²) in [7, 11) is 0. The maximum atomic E-state index is 12.5. The third-order valence-electron chi connectivity index (χ3n) is 4.35. The second kappa shape index (κ2) is 8.69. The van der Waals surface area contributed by atoms with Gasteiger partial charge in [0.25, 0.3) is 0 Å². The van der Waals surface area contributed by atoms with Crippen molar-refractivity contribution < 1.29 is 4.79 Å². The van der Waals surface area contributed by atoms with Gasteiger partial charge in [-0.15, -0.1) is 0 Å². The van der Waals surface area contributed by atoms with Crippen molar-refractivity contribution in [2.24, 2.45) is 0 Å². The van der Waals surface area contributed by atoms with E-state index >= 15 is 0 Å². The first-order valence-corrected chi connectivity index (χ1v) is 9.69. The summed E-state index contributed by atoms with van der Waals surface area (Å²) < 4.78 is 0.807. The smallest absolute Gasteiger partial charge is 0.233 e. The van der Waals surface area contributed by atoms with Gasteiger partial charge in [-0.1, -0.05) is 48.2 Å². The quantitative estimate of drug-likeness (QED) is 0.816. The average Bonchev–Trinajstić information content (AvgIpc) is 2.56. The number of aryl methyl sites for hydroxylation is 1. The molecule has 1 N–H and O–H groups in total. The first-order chi connectivity index (χ1) is 11.1. The van der Waals surface area contributed by atoms with Crippen molar-refractivity contribution in [1.29, 1.82) is 0 Å². The van der Waals surface area contributed by atoms with E-state index in [9.17, 15) is 4.79 Å². The normalized spacial score (nSPS) is 18.0. The van der Waals surface area contributed by atoms with Crippen LogP contribution in [0.5, 0.6) is 0 Å². The molecule has 0 fully saturated rings. The van der Waals surface area contributed by atoms with E-state index in [1.165, 1.54) is 22.9 Å². The van der Waals surface area contributed by atoms with E-state index in [1.54, 1.807) is 0 Å². The number of rotatable bonds is 5. The third kappa shape index (κ3) is 4.70. The Balaban J connectivity index is 1.96. The minimum absolute atomic E-state index is 0.0752. The van der Waals surface area contributed by atoms with E-state index in [4.69, 9.17) is 12.2 Å². The molecule has 2 rings (SSSR count). The highest BCUT2D eigenvalue weighted by molar-refractivity contribution is 8.23. The van der Waals surface area contributed by atoms with Gasteiger partial charge in [0.05, 0.1) is 11.3 Å². The molecule has 1 aromatic rings. The van der Waals surface area contributed by atoms with Gasteiger partial charge >= 0.3 is 0 Å². The van der Waals surface area contributed by atoms with Crippen LogP contribution in [-0.2, 0) is 11.2 Å². The van der Waals surface area contributed by atoms with Gasteiger partial charge in [-0.05, 0) is 51.2 Å². The molecule has 1 aliphatic carbocycles. The Bertz CT molecular complexity index is 558. The van der Waals surface area contributed by atoms with Gasteiger partial charge in [-0.3, -0.25) is 4.79 Å². The van der Waals surface area contributed by atoms with Gasteiger partial charge in [0, 0.05) is 13.1 Å². The molecule has 1 aromatic carbocycles. The Morgan fingerprint density at radius 2 is 2.09 bits per heavy atom. The summed E-state index contributed by atoms with van der Waals surface area (Å²) >= 11 is 6.93. The van der Waals surface area contributed by atoms with Crippen LogP contribution in [0.4, 0.5) is 0 Å². The molecule has 0 bridgehead atoms. The second-order valence-corrected chi connectivity index (χ2v) is 7.83. The van der Waals surface area contributed by atoms with Crippen molar-refractivity contribution >= 4 is 34.2 Å². The van der Waals surface area contributed by atoms with Gasteiger partial charge < -0.3 is 10.2 Å². The summed E-state index contributed by atoms with van der Waals surface area (Å²) in [6.07, 6.45) is 3.25. The lowest BCUT2D eigenvalue weighted by atomic mass is 9.88. The number of carbonyl (C=O) groups is 1. The molecule has 0 unspecified atom stereocenters. The molecule has 1 aliphatic rings. The van der Waals surface area contributed by atoms with E-state index in [0.717, 1.165) is 36.7 Å². The number of amides is 1. The Labute approximate surface area is 149 Å². The summed E-state index contributed by atoms with van der Waals surface area (Å²) in [6, 6.07) is 8.57. The highest BCUT2D eigenvalue weighted by Crippen LogP contribution is 2.30. The van der Waals surface area contributed by atoms with Crippen LogP contribution in [0.1, 0.15) is 50.8 Å². The molecule has 126 valence electrons. The second-order valence-electron chi connectivity index (χ2n) is 5.85. The largest absolute Gasteiger partial charge is 0.358 e. The lowest BCUT2D eigenvalue weighted by Crippen LogP contribution is -2.37. The molecule has 0 aliphatic heterocycles. The molecule has 1 amide bonds. The number of nitrogens with one attached hydrogen (secondary N) is 1. The Hall–Kier alpha value is -1.07. The summed E-state index contributed by atoms with van der Waals surface area (Å²) in [5.41, 5.74) is 2.64. The fourth-order valence-electron chi connectivity index (χ4n) is 2.95. The number of benzene rings is 1. The maximum absolute atomic E-state index is 12.5. The Kier molecular flexibility index (Phi) is 6.90. The molecule has 5 heteroatoms. The van der Waals surface area contributed by atoms with E-state index in [-0.39, 0.29) is 17.2 Å². The molecule has 0 radical (unpaired) electrons. The van der Waals surface area contributed by atoms with E-state index in [1.807, 2.05) is 6.92 Å². The van der Waals surface area contributed by atoms with Crippen molar-refractivity contribution in [3.8, 4) is 0 Å². The van der Waals surface area contributed by atoms with Crippen molar-refractivity contribution in [2.75, 3.05) is 13.1 Å². The molecule has 0 heterocycles. The predicted molar refractivity (Wildman–Crippen MR) is 103 cm³/mol. The van der Waals surface area contributed by atoms with Crippen LogP contribution in [0.3, 0.4) is 0 Å². The average molecular weight is 351 g/mol. The van der Waals surface area contributed by atoms with Crippen molar-refractivity contribution in [3.63, 3.8) is 0 Å². The summed E-state index contributed by atoms with van der Waals surface area (Å²) in [5, 5.41) is 3.05. The molecule has 0 saturated heterocycles. The van der Waals surface area contributed by atoms with Crippen LogP contribution in [0.25, 0.3) is 0 Å². The van der Waals surface area contributed by atoms with Gasteiger partial charge in [-0.2, -0.15) is 0 Å². The van der Waals surface area contributed by atoms with Crippen molar-refractivity contribution in [3.05, 3.63) is 35.4 Å². The van der Waals surface area contributed by atoms with Crippen LogP contribution >= 0.6 is 24.0 Å². The topological polar surface area (TPSA) is 32.3 Å². The number of hydrogen-bond acceptors (Lipinski definition) is 3. The summed E-state index contributed by atoms with van der Waals surface area (Å²) in [5.74, 6) is 0.0752. The zero-order valence-corrected chi connectivity index (χ0v) is 15.8. The summed E-state index contributed by atoms with van der Waals surface area (Å²) in [6.45, 7) is 7.87. The fourth-order valence-corrected chi connectivity index (χ4v) is 4.53. The van der Waals surface area contributed by atoms with Gasteiger partial charge in [0.15, 0.2) is 0 Å². The monoisotopic (exact) mass is 350 g/mol. The van der Waals surface area contributed by atoms with Crippen LogP contribution in [0, 0.1) is 0 Å². The molecule has 0 aromatic heterocycles. The standard InChI is InChI=1S/C18H26N2OS2/c1-4-20(5-2)18(22)23-13(3)17(21)19-16-12-8-10-14-9-6-7-11-15(14)16/h6-7,9,11,13,16H,4-5,8,10,12H2,1-3H3,(H,19,21)/t13-,16+/m0/s1. The molecule has 2 atom stereocenters. The Morgan fingerprint density at radius 3 is 2.78 bits per heavy atom. The SMILES string of the molecule is CCN(CC)C(=S)S[C@@H](C)C(=O)N[C@@H]1CCCc2ccccc21. The van der Waals surface area contributed by atoms with Gasteiger partial charge in [0.1, 0.15) is 4.32 Å². The number of fused-ring (bicyclic) bond motifs is 1. The van der Waals surface area contributed by atoms with E-state index in [0.29, 0.717) is 0 Å². The predicted octanol–water partition coefficient (Wildman–Crippen LogP) is 3.93. The summed E-state index contributed by atoms with van der Waals surface area (Å²) in [4.78, 5) is 14.7. The van der Waals surface area contributed by atoms with Crippen LogP contribution in [-0.4, -0.2) is 33.5 Å². The van der Waals surface area contributed by atoms with Crippen LogP contribution in [0.2, 0.25) is 0 Å². The minimum atomic E-state index is -0.169. The maximum Gasteiger partial charge on any atom is 0.233 e. The lowest BCUT2D eigenvalue weighted by molar-refractivity contribution is -0.121. The lowest BCUT2D eigenvalue weighted by Gasteiger charge is -2.28. The van der Waals surface area contributed by atoms with Crippen LogP contribution in [0.15, 0.2) is 24.3 Å². The first kappa shape index (κ1) is 18.3. The first-order valence-electron chi connectivity index (χ1n) is 8.40. The molecule has 23 heavy (non-hydrogen) atoms. The fraction of sp³-hybridized carbons (Fsp3) is 0.556. The zero-order chi connectivity index (χ0) is 16.8. The highest BCUT2D eigenvalue weighted by atomic mass is 32.2. The number of carbonyl (C=O) groups excluding carboxylic acids is 1. The molecular formula is C18H26N2OS2. The minimum Gasteiger partial charge on any atom is -0.358 e. The zero-order valence-electron chi connectivity index (χ0n) is 14.2.